The van der Waals surface area contributed by atoms with Gasteiger partial charge in [0, 0.05) is 25.4 Å². The van der Waals surface area contributed by atoms with Gasteiger partial charge in [0.25, 0.3) is 5.56 Å². The second-order valence-corrected chi connectivity index (χ2v) is 6.72. The highest BCUT2D eigenvalue weighted by Gasteiger charge is 2.24. The minimum absolute atomic E-state index is 0.194. The molecule has 28 heavy (non-hydrogen) atoms. The van der Waals surface area contributed by atoms with Crippen molar-refractivity contribution in [3.05, 3.63) is 51.9 Å². The van der Waals surface area contributed by atoms with E-state index >= 15 is 0 Å². The molecule has 3 N–H and O–H groups in total. The van der Waals surface area contributed by atoms with E-state index in [0.717, 1.165) is 12.1 Å². The molecule has 2 heterocycles. The summed E-state index contributed by atoms with van der Waals surface area (Å²) < 4.78 is 1.88. The number of carboxylic acids is 1. The van der Waals surface area contributed by atoms with Gasteiger partial charge in [-0.2, -0.15) is 10.4 Å². The zero-order valence-electron chi connectivity index (χ0n) is 15.7. The van der Waals surface area contributed by atoms with Crippen molar-refractivity contribution in [2.24, 2.45) is 5.92 Å². The number of carboxylic acid groups (broad SMARTS) is 1. The van der Waals surface area contributed by atoms with E-state index in [9.17, 15) is 9.59 Å². The standard InChI is InChI=1S/C18H18N4O3.C2H3N/c1-10-8-12(4-5-13(10)18(24)25)20-16-15-14(6-7-19-17(15)23)22(21-16)9-11-2-3-11;1-2-3/h4-8,11H,2-3,9H2,1H3,(H,19,23)(H,20,21)(H,24,25);1H3. The Labute approximate surface area is 161 Å². The number of rotatable bonds is 5. The molecule has 0 saturated heterocycles. The molecule has 1 fully saturated rings. The van der Waals surface area contributed by atoms with E-state index in [-0.39, 0.29) is 11.1 Å². The van der Waals surface area contributed by atoms with Crippen LogP contribution in [0.4, 0.5) is 11.5 Å². The summed E-state index contributed by atoms with van der Waals surface area (Å²) in [6, 6.07) is 8.58. The predicted molar refractivity (Wildman–Crippen MR) is 106 cm³/mol. The third-order valence-corrected chi connectivity index (χ3v) is 4.52. The van der Waals surface area contributed by atoms with Crippen LogP contribution in [-0.4, -0.2) is 25.8 Å². The lowest BCUT2D eigenvalue weighted by Crippen LogP contribution is -2.06. The SMILES string of the molecule is CC#N.Cc1cc(Nc2nn(CC3CC3)c3cc[nH]c(=O)c23)ccc1C(=O)O. The molecule has 0 bridgehead atoms. The number of hydrogen-bond acceptors (Lipinski definition) is 5. The van der Waals surface area contributed by atoms with E-state index in [1.807, 2.05) is 10.7 Å². The number of pyridine rings is 1. The summed E-state index contributed by atoms with van der Waals surface area (Å²) in [5, 5.41) is 24.7. The third-order valence-electron chi connectivity index (χ3n) is 4.52. The minimum atomic E-state index is -0.959. The van der Waals surface area contributed by atoms with Gasteiger partial charge < -0.3 is 15.4 Å². The van der Waals surface area contributed by atoms with Gasteiger partial charge in [0.1, 0.15) is 5.39 Å². The zero-order chi connectivity index (χ0) is 20.3. The van der Waals surface area contributed by atoms with Crippen LogP contribution in [0, 0.1) is 24.2 Å². The fourth-order valence-electron chi connectivity index (χ4n) is 3.03. The van der Waals surface area contributed by atoms with Crippen LogP contribution >= 0.6 is 0 Å². The van der Waals surface area contributed by atoms with Gasteiger partial charge in [0.2, 0.25) is 0 Å². The Morgan fingerprint density at radius 1 is 1.43 bits per heavy atom. The summed E-state index contributed by atoms with van der Waals surface area (Å²) in [6.45, 7) is 3.98. The quantitative estimate of drug-likeness (QED) is 0.624. The molecule has 0 aliphatic heterocycles. The minimum Gasteiger partial charge on any atom is -0.478 e. The highest BCUT2D eigenvalue weighted by molar-refractivity contribution is 5.92. The Kier molecular flexibility index (Phi) is 5.45. The molecule has 0 radical (unpaired) electrons. The van der Waals surface area contributed by atoms with Crippen LogP contribution < -0.4 is 10.9 Å². The van der Waals surface area contributed by atoms with E-state index < -0.39 is 5.97 Å². The monoisotopic (exact) mass is 379 g/mol. The number of benzene rings is 1. The molecule has 0 spiro atoms. The van der Waals surface area contributed by atoms with Gasteiger partial charge in [-0.25, -0.2) is 4.79 Å². The first kappa shape index (κ1) is 19.2. The summed E-state index contributed by atoms with van der Waals surface area (Å²) in [4.78, 5) is 26.1. The van der Waals surface area contributed by atoms with Crippen molar-refractivity contribution >= 4 is 28.4 Å². The first-order chi connectivity index (χ1) is 13.4. The Balaban J connectivity index is 0.000000706. The van der Waals surface area contributed by atoms with Crippen LogP contribution in [0.3, 0.4) is 0 Å². The van der Waals surface area contributed by atoms with Gasteiger partial charge in [-0.3, -0.25) is 9.48 Å². The number of H-pyrrole nitrogens is 1. The van der Waals surface area contributed by atoms with Crippen molar-refractivity contribution in [3.8, 4) is 6.07 Å². The molecule has 3 aromatic rings. The molecule has 4 rings (SSSR count). The first-order valence-electron chi connectivity index (χ1n) is 8.94. The van der Waals surface area contributed by atoms with Gasteiger partial charge in [-0.15, -0.1) is 0 Å². The Hall–Kier alpha value is -3.60. The lowest BCUT2D eigenvalue weighted by Gasteiger charge is -2.07. The van der Waals surface area contributed by atoms with E-state index in [1.165, 1.54) is 19.8 Å². The number of aromatic nitrogens is 3. The summed E-state index contributed by atoms with van der Waals surface area (Å²) >= 11 is 0. The van der Waals surface area contributed by atoms with Crippen LogP contribution in [0.1, 0.15) is 35.7 Å². The fourth-order valence-corrected chi connectivity index (χ4v) is 3.03. The number of carbonyl (C=O) groups is 1. The van der Waals surface area contributed by atoms with E-state index in [0.29, 0.717) is 28.4 Å². The van der Waals surface area contributed by atoms with Gasteiger partial charge >= 0.3 is 5.97 Å². The van der Waals surface area contributed by atoms with Gasteiger partial charge in [-0.1, -0.05) is 0 Å². The molecule has 1 aromatic carbocycles. The Morgan fingerprint density at radius 3 is 2.75 bits per heavy atom. The molecular weight excluding hydrogens is 358 g/mol. The lowest BCUT2D eigenvalue weighted by atomic mass is 10.1. The summed E-state index contributed by atoms with van der Waals surface area (Å²) in [7, 11) is 0. The van der Waals surface area contributed by atoms with E-state index in [1.54, 1.807) is 37.4 Å². The number of hydrogen-bond donors (Lipinski definition) is 3. The van der Waals surface area contributed by atoms with Crippen molar-refractivity contribution in [2.75, 3.05) is 5.32 Å². The molecule has 8 heteroatoms. The Bertz CT molecular complexity index is 1120. The highest BCUT2D eigenvalue weighted by Crippen LogP contribution is 2.32. The maximum atomic E-state index is 12.3. The van der Waals surface area contributed by atoms with Gasteiger partial charge in [0.15, 0.2) is 5.82 Å². The van der Waals surface area contributed by atoms with Crippen molar-refractivity contribution < 1.29 is 9.90 Å². The molecule has 8 nitrogen and oxygen atoms in total. The van der Waals surface area contributed by atoms with E-state index in [2.05, 4.69) is 15.4 Å². The van der Waals surface area contributed by atoms with Crippen molar-refractivity contribution in [1.29, 1.82) is 5.26 Å². The second kappa shape index (κ2) is 7.96. The van der Waals surface area contributed by atoms with Crippen molar-refractivity contribution in [3.63, 3.8) is 0 Å². The van der Waals surface area contributed by atoms with E-state index in [4.69, 9.17) is 10.4 Å². The van der Waals surface area contributed by atoms with Crippen LogP contribution in [0.25, 0.3) is 10.9 Å². The fraction of sp³-hybridized carbons (Fsp3) is 0.300. The number of aromatic amines is 1. The normalized spacial score (nSPS) is 12.8. The van der Waals surface area contributed by atoms with Crippen LogP contribution in [-0.2, 0) is 6.54 Å². The number of anilines is 2. The third kappa shape index (κ3) is 4.04. The largest absolute Gasteiger partial charge is 0.478 e. The number of nitriles is 1. The number of nitrogens with one attached hydrogen (secondary N) is 2. The summed E-state index contributed by atoms with van der Waals surface area (Å²) in [6.07, 6.45) is 4.03. The number of fused-ring (bicyclic) bond motifs is 1. The molecule has 2 aromatic heterocycles. The predicted octanol–water partition coefficient (Wildman–Crippen LogP) is 3.41. The molecule has 0 amide bonds. The maximum Gasteiger partial charge on any atom is 0.335 e. The van der Waals surface area contributed by atoms with Crippen LogP contribution in [0.2, 0.25) is 0 Å². The highest BCUT2D eigenvalue weighted by atomic mass is 16.4. The number of nitrogens with zero attached hydrogens (tertiary/aromatic N) is 3. The maximum absolute atomic E-state index is 12.3. The molecule has 1 aliphatic rings. The van der Waals surface area contributed by atoms with Gasteiger partial charge in [-0.05, 0) is 55.5 Å². The summed E-state index contributed by atoms with van der Waals surface area (Å²) in [5.41, 5.74) is 2.21. The van der Waals surface area contributed by atoms with Crippen molar-refractivity contribution in [2.45, 2.75) is 33.2 Å². The molecule has 1 saturated carbocycles. The molecule has 0 unspecified atom stereocenters. The van der Waals surface area contributed by atoms with Crippen LogP contribution in [0.5, 0.6) is 0 Å². The van der Waals surface area contributed by atoms with Gasteiger partial charge in [0.05, 0.1) is 17.1 Å². The van der Waals surface area contributed by atoms with Crippen LogP contribution in [0.15, 0.2) is 35.3 Å². The smallest absolute Gasteiger partial charge is 0.335 e. The number of aromatic carboxylic acids is 1. The van der Waals surface area contributed by atoms with Crippen molar-refractivity contribution in [1.82, 2.24) is 14.8 Å². The molecule has 0 atom stereocenters. The number of aryl methyl sites for hydroxylation is 1. The second-order valence-electron chi connectivity index (χ2n) is 6.72. The average Bonchev–Trinajstić information content (AvgIpc) is 3.38. The first-order valence-corrected chi connectivity index (χ1v) is 8.94. The molecule has 144 valence electrons. The molecule has 1 aliphatic carbocycles. The topological polar surface area (TPSA) is 124 Å². The lowest BCUT2D eigenvalue weighted by molar-refractivity contribution is 0.0696. The summed E-state index contributed by atoms with van der Waals surface area (Å²) in [5.74, 6) is 0.159. The zero-order valence-corrected chi connectivity index (χ0v) is 15.7. The molecular formula is C20H21N5O3. The average molecular weight is 379 g/mol. The Morgan fingerprint density at radius 2 is 2.14 bits per heavy atom.